The van der Waals surface area contributed by atoms with E-state index in [2.05, 4.69) is 4.98 Å². The summed E-state index contributed by atoms with van der Waals surface area (Å²) in [5, 5.41) is 9.01. The van der Waals surface area contributed by atoms with Crippen molar-refractivity contribution < 1.29 is 18.7 Å². The first-order chi connectivity index (χ1) is 8.02. The van der Waals surface area contributed by atoms with Crippen LogP contribution >= 0.6 is 0 Å². The van der Waals surface area contributed by atoms with Crippen LogP contribution in [-0.2, 0) is 7.05 Å². The van der Waals surface area contributed by atoms with Crippen molar-refractivity contribution in [3.63, 3.8) is 0 Å². The molecule has 0 spiro atoms. The zero-order chi connectivity index (χ0) is 12.6. The van der Waals surface area contributed by atoms with Crippen molar-refractivity contribution in [2.45, 2.75) is 0 Å². The minimum absolute atomic E-state index is 0.00426. The first-order valence-electron chi connectivity index (χ1n) is 4.70. The normalized spacial score (nSPS) is 10.5. The van der Waals surface area contributed by atoms with Gasteiger partial charge in [-0.3, -0.25) is 4.79 Å². The Morgan fingerprint density at radius 1 is 1.35 bits per heavy atom. The number of halogens is 2. The summed E-state index contributed by atoms with van der Waals surface area (Å²) in [6.45, 7) is 0. The van der Waals surface area contributed by atoms with Crippen molar-refractivity contribution in [3.05, 3.63) is 35.8 Å². The first kappa shape index (κ1) is 11.3. The van der Waals surface area contributed by atoms with Gasteiger partial charge in [-0.05, 0) is 0 Å². The van der Waals surface area contributed by atoms with Gasteiger partial charge in [-0.1, -0.05) is 0 Å². The van der Waals surface area contributed by atoms with Gasteiger partial charge in [-0.25, -0.2) is 13.8 Å². The minimum Gasteiger partial charge on any atom is -0.508 e. The second-order valence-corrected chi connectivity index (χ2v) is 3.50. The lowest BCUT2D eigenvalue weighted by Crippen LogP contribution is -1.93. The lowest BCUT2D eigenvalue weighted by Gasteiger charge is -2.02. The van der Waals surface area contributed by atoms with E-state index >= 15 is 0 Å². The molecule has 17 heavy (non-hydrogen) atoms. The van der Waals surface area contributed by atoms with Gasteiger partial charge in [0, 0.05) is 25.4 Å². The van der Waals surface area contributed by atoms with E-state index in [0.29, 0.717) is 6.29 Å². The van der Waals surface area contributed by atoms with E-state index in [0.717, 1.165) is 12.1 Å². The summed E-state index contributed by atoms with van der Waals surface area (Å²) in [5.41, 5.74) is -0.365. The van der Waals surface area contributed by atoms with Crippen molar-refractivity contribution in [2.75, 3.05) is 0 Å². The summed E-state index contributed by atoms with van der Waals surface area (Å²) in [5.74, 6) is -2.31. The maximum Gasteiger partial charge on any atom is 0.185 e. The first-order valence-corrected chi connectivity index (χ1v) is 4.70. The van der Waals surface area contributed by atoms with E-state index in [1.807, 2.05) is 0 Å². The zero-order valence-corrected chi connectivity index (χ0v) is 8.82. The lowest BCUT2D eigenvalue weighted by atomic mass is 10.1. The third kappa shape index (κ3) is 1.89. The molecule has 1 aromatic carbocycles. The maximum atomic E-state index is 13.5. The molecule has 1 aromatic heterocycles. The number of imidazole rings is 1. The lowest BCUT2D eigenvalue weighted by molar-refractivity contribution is 0.111. The number of aryl methyl sites for hydroxylation is 1. The molecule has 2 aromatic rings. The molecule has 0 saturated carbocycles. The monoisotopic (exact) mass is 238 g/mol. The highest BCUT2D eigenvalue weighted by molar-refractivity contribution is 5.72. The summed E-state index contributed by atoms with van der Waals surface area (Å²) in [6.07, 6.45) is 1.82. The van der Waals surface area contributed by atoms with Crippen LogP contribution in [0.2, 0.25) is 0 Å². The number of phenolic OH excluding ortho intramolecular Hbond substituents is 1. The molecule has 0 amide bonds. The van der Waals surface area contributed by atoms with Crippen LogP contribution in [0.4, 0.5) is 8.78 Å². The largest absolute Gasteiger partial charge is 0.508 e. The highest BCUT2D eigenvalue weighted by atomic mass is 19.1. The molecule has 0 bridgehead atoms. The van der Waals surface area contributed by atoms with Crippen LogP contribution < -0.4 is 0 Å². The predicted molar refractivity (Wildman–Crippen MR) is 55.6 cm³/mol. The standard InChI is InChI=1S/C11H8F2N2O2/c1-15-4-9(14-10(15)5-16)11-7(12)2-6(17)3-8(11)13/h2-5,17H,1H3. The number of carbonyl (C=O) groups is 1. The third-order valence-electron chi connectivity index (χ3n) is 2.30. The molecule has 0 aliphatic carbocycles. The molecule has 0 aliphatic rings. The number of aromatic nitrogens is 2. The van der Waals surface area contributed by atoms with E-state index in [9.17, 15) is 13.6 Å². The minimum atomic E-state index is -0.932. The van der Waals surface area contributed by atoms with E-state index in [1.165, 1.54) is 17.8 Å². The molecule has 0 unspecified atom stereocenters. The van der Waals surface area contributed by atoms with Crippen LogP contribution in [0.5, 0.6) is 5.75 Å². The van der Waals surface area contributed by atoms with Gasteiger partial charge < -0.3 is 9.67 Å². The van der Waals surface area contributed by atoms with Crippen LogP contribution in [0.3, 0.4) is 0 Å². The van der Waals surface area contributed by atoms with Gasteiger partial charge in [-0.2, -0.15) is 0 Å². The zero-order valence-electron chi connectivity index (χ0n) is 8.82. The second-order valence-electron chi connectivity index (χ2n) is 3.50. The number of aromatic hydroxyl groups is 1. The van der Waals surface area contributed by atoms with Crippen molar-refractivity contribution in [1.29, 1.82) is 0 Å². The third-order valence-corrected chi connectivity index (χ3v) is 2.30. The van der Waals surface area contributed by atoms with Crippen LogP contribution in [0.15, 0.2) is 18.3 Å². The molecular weight excluding hydrogens is 230 g/mol. The number of phenols is 1. The molecule has 1 N–H and O–H groups in total. The molecule has 1 heterocycles. The topological polar surface area (TPSA) is 55.1 Å². The average Bonchev–Trinajstić information content (AvgIpc) is 2.57. The number of rotatable bonds is 2. The number of aldehydes is 1. The van der Waals surface area contributed by atoms with Crippen molar-refractivity contribution in [1.82, 2.24) is 9.55 Å². The Balaban J connectivity index is 2.64. The van der Waals surface area contributed by atoms with E-state index in [1.54, 1.807) is 0 Å². The van der Waals surface area contributed by atoms with Gasteiger partial charge in [0.1, 0.15) is 17.4 Å². The van der Waals surface area contributed by atoms with E-state index in [4.69, 9.17) is 5.11 Å². The number of nitrogens with zero attached hydrogens (tertiary/aromatic N) is 2. The predicted octanol–water partition coefficient (Wildman–Crippen LogP) is 1.88. The summed E-state index contributed by atoms with van der Waals surface area (Å²) >= 11 is 0. The molecule has 2 rings (SSSR count). The fraction of sp³-hybridized carbons (Fsp3) is 0.0909. The molecule has 4 nitrogen and oxygen atoms in total. The quantitative estimate of drug-likeness (QED) is 0.813. The van der Waals surface area contributed by atoms with Crippen molar-refractivity contribution in [2.24, 2.45) is 7.05 Å². The maximum absolute atomic E-state index is 13.5. The Hall–Kier alpha value is -2.24. The molecule has 0 fully saturated rings. The highest BCUT2D eigenvalue weighted by Crippen LogP contribution is 2.28. The van der Waals surface area contributed by atoms with Crippen LogP contribution in [0.25, 0.3) is 11.3 Å². The average molecular weight is 238 g/mol. The van der Waals surface area contributed by atoms with Crippen LogP contribution in [0, 0.1) is 11.6 Å². The summed E-state index contributed by atoms with van der Waals surface area (Å²) in [4.78, 5) is 14.4. The van der Waals surface area contributed by atoms with E-state index in [-0.39, 0.29) is 17.1 Å². The number of hydrogen-bond donors (Lipinski definition) is 1. The second kappa shape index (κ2) is 3.97. The molecule has 0 saturated heterocycles. The van der Waals surface area contributed by atoms with Crippen molar-refractivity contribution >= 4 is 6.29 Å². The Kier molecular flexibility index (Phi) is 2.63. The van der Waals surface area contributed by atoms with Gasteiger partial charge in [0.15, 0.2) is 12.1 Å². The highest BCUT2D eigenvalue weighted by Gasteiger charge is 2.17. The Labute approximate surface area is 95.1 Å². The van der Waals surface area contributed by atoms with Crippen molar-refractivity contribution in [3.8, 4) is 17.0 Å². The van der Waals surface area contributed by atoms with Gasteiger partial charge in [0.05, 0.1) is 11.3 Å². The smallest absolute Gasteiger partial charge is 0.185 e. The molecule has 0 radical (unpaired) electrons. The van der Waals surface area contributed by atoms with Gasteiger partial charge in [0.25, 0.3) is 0 Å². The summed E-state index contributed by atoms with van der Waals surface area (Å²) in [6, 6.07) is 1.57. The fourth-order valence-electron chi connectivity index (χ4n) is 1.52. The Morgan fingerprint density at radius 3 is 2.41 bits per heavy atom. The molecule has 0 aliphatic heterocycles. The van der Waals surface area contributed by atoms with Gasteiger partial charge >= 0.3 is 0 Å². The number of carbonyl (C=O) groups excluding carboxylic acids is 1. The van der Waals surface area contributed by atoms with Gasteiger partial charge in [-0.15, -0.1) is 0 Å². The number of hydrogen-bond acceptors (Lipinski definition) is 3. The SMILES string of the molecule is Cn1cc(-c2c(F)cc(O)cc2F)nc1C=O. The molecule has 6 heteroatoms. The fourth-order valence-corrected chi connectivity index (χ4v) is 1.52. The Bertz CT molecular complexity index is 570. The van der Waals surface area contributed by atoms with Gasteiger partial charge in [0.2, 0.25) is 0 Å². The summed E-state index contributed by atoms with van der Waals surface area (Å²) < 4.78 is 28.4. The van der Waals surface area contributed by atoms with E-state index < -0.39 is 17.4 Å². The molecular formula is C11H8F2N2O2. The molecule has 0 atom stereocenters. The number of benzene rings is 1. The van der Waals surface area contributed by atoms with Crippen LogP contribution in [0.1, 0.15) is 10.6 Å². The summed E-state index contributed by atoms with van der Waals surface area (Å²) in [7, 11) is 1.54. The Morgan fingerprint density at radius 2 is 1.94 bits per heavy atom. The van der Waals surface area contributed by atoms with Crippen LogP contribution in [-0.4, -0.2) is 20.9 Å². The molecule has 88 valence electrons.